The summed E-state index contributed by atoms with van der Waals surface area (Å²) in [5.41, 5.74) is 2.66. The van der Waals surface area contributed by atoms with E-state index in [1.54, 1.807) is 0 Å². The molecule has 1 aliphatic rings. The topological polar surface area (TPSA) is 58.6 Å². The highest BCUT2D eigenvalue weighted by atomic mass is 16.5. The van der Waals surface area contributed by atoms with Crippen molar-refractivity contribution in [3.8, 4) is 5.75 Å². The van der Waals surface area contributed by atoms with Gasteiger partial charge < -0.3 is 15.2 Å². The summed E-state index contributed by atoms with van der Waals surface area (Å²) in [6.45, 7) is 13.1. The predicted octanol–water partition coefficient (Wildman–Crippen LogP) is 4.16. The van der Waals surface area contributed by atoms with E-state index >= 15 is 0 Å². The van der Waals surface area contributed by atoms with E-state index in [1.165, 1.54) is 0 Å². The number of ether oxygens (including phenoxy) is 1. The van der Waals surface area contributed by atoms with Gasteiger partial charge in [0.2, 0.25) is 0 Å². The summed E-state index contributed by atoms with van der Waals surface area (Å²) in [5.74, 6) is 0.285. The van der Waals surface area contributed by atoms with Crippen LogP contribution in [0.5, 0.6) is 5.75 Å². The molecule has 1 atom stereocenters. The van der Waals surface area contributed by atoms with Crippen molar-refractivity contribution < 1.29 is 14.6 Å². The third-order valence-electron chi connectivity index (χ3n) is 4.12. The lowest BCUT2D eigenvalue weighted by atomic mass is 9.78. The molecule has 1 fully saturated rings. The van der Waals surface area contributed by atoms with Crippen LogP contribution in [-0.2, 0) is 15.6 Å². The molecular weight excluding hydrogens is 278 g/mol. The van der Waals surface area contributed by atoms with Gasteiger partial charge in [0, 0.05) is 12.0 Å². The second-order valence-corrected chi connectivity index (χ2v) is 8.08. The Bertz CT molecular complexity index is 579. The zero-order valence-corrected chi connectivity index (χ0v) is 14.4. The number of hydrogen-bond donors (Lipinski definition) is 2. The zero-order chi connectivity index (χ0) is 16.7. The maximum Gasteiger partial charge on any atom is 0.407 e. The van der Waals surface area contributed by atoms with Crippen LogP contribution in [0.25, 0.3) is 0 Å². The van der Waals surface area contributed by atoms with E-state index in [2.05, 4.69) is 52.9 Å². The average Bonchev–Trinajstić information content (AvgIpc) is 2.36. The summed E-state index contributed by atoms with van der Waals surface area (Å²) >= 11 is 0. The molecule has 4 heteroatoms. The van der Waals surface area contributed by atoms with E-state index in [-0.39, 0.29) is 22.6 Å². The molecule has 1 heterocycles. The van der Waals surface area contributed by atoms with Crippen molar-refractivity contribution >= 4 is 6.09 Å². The number of rotatable bonds is 1. The SMILES string of the molecule is CC(C)(C)c1cc([C@@H]2CCOC(=O)N2)c(O)c(C(C)(C)C)c1. The van der Waals surface area contributed by atoms with Crippen LogP contribution in [0, 0.1) is 0 Å². The molecule has 0 aliphatic carbocycles. The minimum absolute atomic E-state index is 0.0301. The van der Waals surface area contributed by atoms with E-state index < -0.39 is 6.09 Å². The molecule has 2 rings (SSSR count). The van der Waals surface area contributed by atoms with Gasteiger partial charge in [0.25, 0.3) is 0 Å². The first-order valence-electron chi connectivity index (χ1n) is 7.81. The van der Waals surface area contributed by atoms with E-state index in [0.717, 1.165) is 16.7 Å². The molecule has 0 radical (unpaired) electrons. The Hall–Kier alpha value is -1.71. The second-order valence-electron chi connectivity index (χ2n) is 8.08. The number of carbonyl (C=O) groups excluding carboxylic acids is 1. The Morgan fingerprint density at radius 2 is 1.77 bits per heavy atom. The van der Waals surface area contributed by atoms with Gasteiger partial charge in [-0.25, -0.2) is 4.79 Å². The molecule has 22 heavy (non-hydrogen) atoms. The molecule has 0 unspecified atom stereocenters. The van der Waals surface area contributed by atoms with Crippen LogP contribution < -0.4 is 5.32 Å². The summed E-state index contributed by atoms with van der Waals surface area (Å²) in [6.07, 6.45) is 0.241. The summed E-state index contributed by atoms with van der Waals surface area (Å²) in [5, 5.41) is 13.6. The fourth-order valence-electron chi connectivity index (χ4n) is 2.69. The van der Waals surface area contributed by atoms with Gasteiger partial charge in [-0.05, 0) is 28.0 Å². The Morgan fingerprint density at radius 3 is 2.27 bits per heavy atom. The van der Waals surface area contributed by atoms with Crippen molar-refractivity contribution in [2.45, 2.75) is 64.8 Å². The van der Waals surface area contributed by atoms with Crippen molar-refractivity contribution in [2.24, 2.45) is 0 Å². The van der Waals surface area contributed by atoms with Crippen LogP contribution in [0.1, 0.15) is 70.7 Å². The van der Waals surface area contributed by atoms with Gasteiger partial charge in [0.1, 0.15) is 5.75 Å². The third kappa shape index (κ3) is 3.37. The minimum atomic E-state index is -0.422. The second kappa shape index (κ2) is 5.49. The molecule has 1 aromatic rings. The third-order valence-corrected chi connectivity index (χ3v) is 4.12. The summed E-state index contributed by atoms with van der Waals surface area (Å²) in [7, 11) is 0. The number of nitrogens with one attached hydrogen (secondary N) is 1. The number of aromatic hydroxyl groups is 1. The molecule has 0 saturated carbocycles. The predicted molar refractivity (Wildman–Crippen MR) is 87.3 cm³/mol. The Balaban J connectivity index is 2.59. The van der Waals surface area contributed by atoms with E-state index in [0.29, 0.717) is 13.0 Å². The highest BCUT2D eigenvalue weighted by molar-refractivity contribution is 5.69. The summed E-state index contributed by atoms with van der Waals surface area (Å²) in [6, 6.07) is 3.89. The largest absolute Gasteiger partial charge is 0.507 e. The van der Waals surface area contributed by atoms with Gasteiger partial charge in [-0.1, -0.05) is 47.6 Å². The van der Waals surface area contributed by atoms with E-state index in [1.807, 2.05) is 6.07 Å². The molecule has 1 amide bonds. The monoisotopic (exact) mass is 305 g/mol. The van der Waals surface area contributed by atoms with Gasteiger partial charge in [0.05, 0.1) is 12.6 Å². The molecule has 0 spiro atoms. The standard InChI is InChI=1S/C18H27NO3/c1-17(2,3)11-9-12(14-7-8-22-16(21)19-14)15(20)13(10-11)18(4,5)6/h9-10,14,20H,7-8H2,1-6H3,(H,19,21)/t14-/m0/s1. The quantitative estimate of drug-likeness (QED) is 0.819. The van der Waals surface area contributed by atoms with Gasteiger partial charge in [0.15, 0.2) is 0 Å². The number of cyclic esters (lactones) is 1. The maximum absolute atomic E-state index is 11.5. The first-order valence-corrected chi connectivity index (χ1v) is 7.81. The van der Waals surface area contributed by atoms with Gasteiger partial charge >= 0.3 is 6.09 Å². The lowest BCUT2D eigenvalue weighted by Gasteiger charge is -2.31. The molecule has 122 valence electrons. The van der Waals surface area contributed by atoms with Crippen LogP contribution in [0.3, 0.4) is 0 Å². The van der Waals surface area contributed by atoms with Crippen molar-refractivity contribution in [1.82, 2.24) is 5.32 Å². The van der Waals surface area contributed by atoms with Gasteiger partial charge in [-0.15, -0.1) is 0 Å². The first-order chi connectivity index (χ1) is 10.00. The summed E-state index contributed by atoms with van der Waals surface area (Å²) in [4.78, 5) is 11.5. The molecule has 1 saturated heterocycles. The smallest absolute Gasteiger partial charge is 0.407 e. The zero-order valence-electron chi connectivity index (χ0n) is 14.4. The normalized spacial score (nSPS) is 19.5. The minimum Gasteiger partial charge on any atom is -0.507 e. The van der Waals surface area contributed by atoms with Gasteiger partial charge in [-0.3, -0.25) is 0 Å². The van der Waals surface area contributed by atoms with Crippen molar-refractivity contribution in [1.29, 1.82) is 0 Å². The Morgan fingerprint density at radius 1 is 1.14 bits per heavy atom. The summed E-state index contributed by atoms with van der Waals surface area (Å²) < 4.78 is 4.93. The molecule has 4 nitrogen and oxygen atoms in total. The maximum atomic E-state index is 11.5. The lowest BCUT2D eigenvalue weighted by molar-refractivity contribution is 0.115. The molecule has 1 aliphatic heterocycles. The molecule has 1 aromatic carbocycles. The highest BCUT2D eigenvalue weighted by Gasteiger charge is 2.30. The Kier molecular flexibility index (Phi) is 4.16. The molecule has 0 bridgehead atoms. The molecular formula is C18H27NO3. The highest BCUT2D eigenvalue weighted by Crippen LogP contribution is 2.40. The van der Waals surface area contributed by atoms with E-state index in [9.17, 15) is 9.90 Å². The number of phenols is 1. The Labute approximate surface area is 132 Å². The first kappa shape index (κ1) is 16.7. The fourth-order valence-corrected chi connectivity index (χ4v) is 2.69. The van der Waals surface area contributed by atoms with Crippen molar-refractivity contribution in [3.63, 3.8) is 0 Å². The van der Waals surface area contributed by atoms with Crippen molar-refractivity contribution in [3.05, 3.63) is 28.8 Å². The molecule has 2 N–H and O–H groups in total. The van der Waals surface area contributed by atoms with Crippen LogP contribution in [-0.4, -0.2) is 17.8 Å². The number of amides is 1. The number of carbonyl (C=O) groups is 1. The van der Waals surface area contributed by atoms with Crippen molar-refractivity contribution in [2.75, 3.05) is 6.61 Å². The van der Waals surface area contributed by atoms with Crippen LogP contribution in [0.15, 0.2) is 12.1 Å². The van der Waals surface area contributed by atoms with Crippen LogP contribution in [0.2, 0.25) is 0 Å². The molecule has 0 aromatic heterocycles. The lowest BCUT2D eigenvalue weighted by Crippen LogP contribution is -2.35. The number of phenolic OH excluding ortho intramolecular Hbond substituents is 1. The number of benzene rings is 1. The number of alkyl carbamates (subject to hydrolysis) is 1. The fraction of sp³-hybridized carbons (Fsp3) is 0.611. The average molecular weight is 305 g/mol. The van der Waals surface area contributed by atoms with Gasteiger partial charge in [-0.2, -0.15) is 0 Å². The number of hydrogen-bond acceptors (Lipinski definition) is 3. The van der Waals surface area contributed by atoms with Crippen LogP contribution in [0.4, 0.5) is 4.79 Å². The van der Waals surface area contributed by atoms with E-state index in [4.69, 9.17) is 4.74 Å². The van der Waals surface area contributed by atoms with Crippen LogP contribution >= 0.6 is 0 Å².